The maximum atomic E-state index is 12.8. The number of azo groups is 1. The van der Waals surface area contributed by atoms with Crippen LogP contribution in [0.25, 0.3) is 6.08 Å². The van der Waals surface area contributed by atoms with Gasteiger partial charge in [-0.2, -0.15) is 10.2 Å². The van der Waals surface area contributed by atoms with E-state index in [4.69, 9.17) is 34.8 Å². The van der Waals surface area contributed by atoms with E-state index in [1.54, 1.807) is 30.3 Å². The predicted octanol–water partition coefficient (Wildman–Crippen LogP) is 8.25. The molecule has 3 aromatic rings. The molecule has 0 saturated heterocycles. The van der Waals surface area contributed by atoms with E-state index < -0.39 is 6.04 Å². The first-order valence-corrected chi connectivity index (χ1v) is 12.2. The largest absolute Gasteiger partial charge is 0.343 e. The number of hydrogen-bond acceptors (Lipinski definition) is 3. The molecule has 0 aromatic heterocycles. The third-order valence-electron chi connectivity index (χ3n) is 5.33. The molecule has 4 nitrogen and oxygen atoms in total. The fourth-order valence-corrected chi connectivity index (χ4v) is 4.69. The first-order valence-electron chi connectivity index (χ1n) is 10.2. The van der Waals surface area contributed by atoms with E-state index in [0.717, 1.165) is 21.2 Å². The minimum atomic E-state index is -0.463. The molecule has 33 heavy (non-hydrogen) atoms. The molecule has 3 unspecified atom stereocenters. The molecule has 8 heteroatoms. The molecule has 0 bridgehead atoms. The van der Waals surface area contributed by atoms with Crippen LogP contribution < -0.4 is 5.32 Å². The second-order valence-corrected chi connectivity index (χ2v) is 9.84. The Morgan fingerprint density at radius 3 is 2.48 bits per heavy atom. The van der Waals surface area contributed by atoms with Crippen molar-refractivity contribution >= 4 is 62.7 Å². The Morgan fingerprint density at radius 2 is 1.76 bits per heavy atom. The lowest BCUT2D eigenvalue weighted by Crippen LogP contribution is -2.34. The van der Waals surface area contributed by atoms with Gasteiger partial charge in [0.2, 0.25) is 5.91 Å². The van der Waals surface area contributed by atoms with E-state index in [1.165, 1.54) is 6.08 Å². The van der Waals surface area contributed by atoms with Gasteiger partial charge in [-0.15, -0.1) is 0 Å². The predicted molar refractivity (Wildman–Crippen MR) is 138 cm³/mol. The summed E-state index contributed by atoms with van der Waals surface area (Å²) in [6.07, 6.45) is 3.83. The van der Waals surface area contributed by atoms with Crippen molar-refractivity contribution in [3.8, 4) is 0 Å². The molecule has 0 spiro atoms. The lowest BCUT2D eigenvalue weighted by Gasteiger charge is -2.23. The molecule has 1 aliphatic rings. The second kappa shape index (κ2) is 10.8. The summed E-state index contributed by atoms with van der Waals surface area (Å²) in [4.78, 5) is 12.8. The van der Waals surface area contributed by atoms with Gasteiger partial charge in [-0.1, -0.05) is 81.1 Å². The molecule has 1 aliphatic heterocycles. The van der Waals surface area contributed by atoms with Crippen LogP contribution >= 0.6 is 50.7 Å². The van der Waals surface area contributed by atoms with Crippen LogP contribution in [0.15, 0.2) is 87.5 Å². The third kappa shape index (κ3) is 6.24. The molecule has 0 radical (unpaired) electrons. The van der Waals surface area contributed by atoms with Crippen LogP contribution in [0.2, 0.25) is 15.1 Å². The Kier molecular flexibility index (Phi) is 7.86. The quantitative estimate of drug-likeness (QED) is 0.302. The molecule has 0 saturated carbocycles. The van der Waals surface area contributed by atoms with Crippen LogP contribution in [-0.2, 0) is 4.79 Å². The van der Waals surface area contributed by atoms with Gasteiger partial charge < -0.3 is 5.32 Å². The third-order valence-corrected chi connectivity index (χ3v) is 6.66. The lowest BCUT2D eigenvalue weighted by atomic mass is 9.93. The van der Waals surface area contributed by atoms with Crippen LogP contribution in [-0.4, -0.2) is 11.9 Å². The summed E-state index contributed by atoms with van der Waals surface area (Å²) in [6.45, 7) is 0. The SMILES string of the molecule is O=C(C=Cc1cccc(Cl)c1)NC(c1ccc(Cl)cc1Cl)C1CC(c2ccc(Br)cc2)N=N1. The van der Waals surface area contributed by atoms with Gasteiger partial charge in [0.15, 0.2) is 0 Å². The molecular formula is C25H19BrCl3N3O. The summed E-state index contributed by atoms with van der Waals surface area (Å²) in [6, 6.07) is 19.7. The Balaban J connectivity index is 1.56. The monoisotopic (exact) mass is 561 g/mol. The van der Waals surface area contributed by atoms with Gasteiger partial charge >= 0.3 is 0 Å². The summed E-state index contributed by atoms with van der Waals surface area (Å²) in [5, 5.41) is 13.6. The zero-order chi connectivity index (χ0) is 23.4. The molecule has 1 amide bonds. The zero-order valence-electron chi connectivity index (χ0n) is 17.3. The highest BCUT2D eigenvalue weighted by atomic mass is 79.9. The van der Waals surface area contributed by atoms with Gasteiger partial charge in [0.05, 0.1) is 18.1 Å². The Bertz CT molecular complexity index is 1210. The van der Waals surface area contributed by atoms with Crippen LogP contribution in [0.3, 0.4) is 0 Å². The number of hydrogen-bond donors (Lipinski definition) is 1. The minimum absolute atomic E-state index is 0.0874. The summed E-state index contributed by atoms with van der Waals surface area (Å²) >= 11 is 22.1. The number of halogens is 4. The summed E-state index contributed by atoms with van der Waals surface area (Å²) < 4.78 is 1.00. The average Bonchev–Trinajstić information content (AvgIpc) is 3.27. The van der Waals surface area contributed by atoms with Crippen LogP contribution in [0, 0.1) is 0 Å². The van der Waals surface area contributed by atoms with Crippen molar-refractivity contribution in [1.29, 1.82) is 0 Å². The number of nitrogens with one attached hydrogen (secondary N) is 1. The van der Waals surface area contributed by atoms with Crippen LogP contribution in [0.1, 0.15) is 35.2 Å². The molecule has 3 aromatic carbocycles. The van der Waals surface area contributed by atoms with Gasteiger partial charge in [0.1, 0.15) is 0 Å². The molecule has 1 N–H and O–H groups in total. The smallest absolute Gasteiger partial charge is 0.244 e. The van der Waals surface area contributed by atoms with Crippen molar-refractivity contribution in [1.82, 2.24) is 5.32 Å². The molecule has 0 fully saturated rings. The molecule has 1 heterocycles. The first-order chi connectivity index (χ1) is 15.9. The van der Waals surface area contributed by atoms with Gasteiger partial charge in [-0.3, -0.25) is 4.79 Å². The topological polar surface area (TPSA) is 53.8 Å². The molecule has 4 rings (SSSR count). The van der Waals surface area contributed by atoms with Crippen molar-refractivity contribution in [2.75, 3.05) is 0 Å². The average molecular weight is 564 g/mol. The molecule has 168 valence electrons. The van der Waals surface area contributed by atoms with E-state index in [2.05, 4.69) is 31.5 Å². The maximum Gasteiger partial charge on any atom is 0.244 e. The highest BCUT2D eigenvalue weighted by molar-refractivity contribution is 9.10. The molecule has 3 atom stereocenters. The molecule has 0 aliphatic carbocycles. The first kappa shape index (κ1) is 24.0. The summed E-state index contributed by atoms with van der Waals surface area (Å²) in [5.74, 6) is -0.270. The Labute approximate surface area is 215 Å². The maximum absolute atomic E-state index is 12.8. The van der Waals surface area contributed by atoms with Gasteiger partial charge in [-0.05, 0) is 59.2 Å². The Morgan fingerprint density at radius 1 is 1.00 bits per heavy atom. The van der Waals surface area contributed by atoms with E-state index in [1.807, 2.05) is 42.5 Å². The summed E-state index contributed by atoms with van der Waals surface area (Å²) in [7, 11) is 0. The fourth-order valence-electron chi connectivity index (χ4n) is 3.70. The standard InChI is InChI=1S/C25H19BrCl3N3O/c26-17-7-5-16(6-8-17)22-14-23(32-31-22)25(20-10-9-19(28)13-21(20)29)30-24(33)11-4-15-2-1-3-18(27)12-15/h1-13,22-23,25H,14H2,(H,30,33). The highest BCUT2D eigenvalue weighted by Crippen LogP contribution is 2.38. The van der Waals surface area contributed by atoms with E-state index in [0.29, 0.717) is 21.5 Å². The van der Waals surface area contributed by atoms with Crippen molar-refractivity contribution in [3.63, 3.8) is 0 Å². The minimum Gasteiger partial charge on any atom is -0.343 e. The number of rotatable bonds is 6. The lowest BCUT2D eigenvalue weighted by molar-refractivity contribution is -0.117. The molecular weight excluding hydrogens is 545 g/mol. The Hall–Kier alpha value is -2.18. The number of amides is 1. The van der Waals surface area contributed by atoms with Crippen molar-refractivity contribution in [2.24, 2.45) is 10.2 Å². The van der Waals surface area contributed by atoms with Crippen molar-refractivity contribution in [2.45, 2.75) is 24.5 Å². The van der Waals surface area contributed by atoms with Gasteiger partial charge in [-0.25, -0.2) is 0 Å². The number of carbonyl (C=O) groups excluding carboxylic acids is 1. The van der Waals surface area contributed by atoms with E-state index in [9.17, 15) is 4.79 Å². The highest BCUT2D eigenvalue weighted by Gasteiger charge is 2.33. The fraction of sp³-hybridized carbons (Fsp3) is 0.160. The van der Waals surface area contributed by atoms with Crippen LogP contribution in [0.4, 0.5) is 0 Å². The second-order valence-electron chi connectivity index (χ2n) is 7.64. The van der Waals surface area contributed by atoms with Gasteiger partial charge in [0, 0.05) is 32.0 Å². The zero-order valence-corrected chi connectivity index (χ0v) is 21.1. The van der Waals surface area contributed by atoms with E-state index in [-0.39, 0.29) is 18.0 Å². The van der Waals surface area contributed by atoms with Crippen LogP contribution in [0.5, 0.6) is 0 Å². The van der Waals surface area contributed by atoms with Crippen molar-refractivity contribution in [3.05, 3.63) is 109 Å². The number of carbonyl (C=O) groups is 1. The van der Waals surface area contributed by atoms with E-state index >= 15 is 0 Å². The van der Waals surface area contributed by atoms with Crippen molar-refractivity contribution < 1.29 is 4.79 Å². The van der Waals surface area contributed by atoms with Gasteiger partial charge in [0.25, 0.3) is 0 Å². The normalized spacial score (nSPS) is 18.5. The summed E-state index contributed by atoms with van der Waals surface area (Å²) in [5.41, 5.74) is 2.64. The number of nitrogens with zero attached hydrogens (tertiary/aromatic N) is 2. The number of benzene rings is 3.